The van der Waals surface area contributed by atoms with Gasteiger partial charge in [0.25, 0.3) is 0 Å². The number of halogens is 1. The lowest BCUT2D eigenvalue weighted by atomic mass is 10.2. The predicted molar refractivity (Wildman–Crippen MR) is 111 cm³/mol. The third-order valence-corrected chi connectivity index (χ3v) is 4.66. The third kappa shape index (κ3) is 4.52. The minimum Gasteiger partial charge on any atom is -0.341 e. The topological polar surface area (TPSA) is 66.3 Å². The Morgan fingerprint density at radius 3 is 2.70 bits per heavy atom. The van der Waals surface area contributed by atoms with Crippen molar-refractivity contribution >= 4 is 41.5 Å². The van der Waals surface area contributed by atoms with Crippen LogP contribution >= 0.6 is 11.6 Å². The maximum atomic E-state index is 6.06. The first kappa shape index (κ1) is 17.7. The fourth-order valence-electron chi connectivity index (χ4n) is 3.08. The zero-order valence-corrected chi connectivity index (χ0v) is 15.9. The minimum absolute atomic E-state index is 0.516. The van der Waals surface area contributed by atoms with Crippen molar-refractivity contribution in [1.82, 2.24) is 15.0 Å². The highest BCUT2D eigenvalue weighted by molar-refractivity contribution is 6.30. The summed E-state index contributed by atoms with van der Waals surface area (Å²) >= 11 is 6.06. The van der Waals surface area contributed by atoms with Crippen LogP contribution in [-0.4, -0.2) is 40.4 Å². The molecule has 1 N–H and O–H groups in total. The summed E-state index contributed by atoms with van der Waals surface area (Å²) in [6.45, 7) is 4.72. The molecule has 2 aromatic rings. The summed E-state index contributed by atoms with van der Waals surface area (Å²) in [5.74, 6) is 2.61. The first-order valence-electron chi connectivity index (χ1n) is 9.09. The van der Waals surface area contributed by atoms with Crippen LogP contribution in [0.15, 0.2) is 40.9 Å². The van der Waals surface area contributed by atoms with Crippen LogP contribution in [0.25, 0.3) is 12.2 Å². The number of benzene rings is 1. The number of aliphatic imine (C=N–C) groups is 1. The van der Waals surface area contributed by atoms with E-state index in [1.807, 2.05) is 42.5 Å². The quantitative estimate of drug-likeness (QED) is 0.866. The van der Waals surface area contributed by atoms with E-state index in [0.717, 1.165) is 37.3 Å². The zero-order chi connectivity index (χ0) is 18.6. The number of rotatable bonds is 4. The van der Waals surface area contributed by atoms with Crippen LogP contribution in [0.4, 0.5) is 11.9 Å². The van der Waals surface area contributed by atoms with Crippen molar-refractivity contribution in [1.29, 1.82) is 0 Å². The Hall–Kier alpha value is -2.73. The lowest BCUT2D eigenvalue weighted by Crippen LogP contribution is -2.22. The molecule has 4 rings (SSSR count). The largest absolute Gasteiger partial charge is 0.341 e. The van der Waals surface area contributed by atoms with Crippen molar-refractivity contribution in [2.75, 3.05) is 29.9 Å². The smallest absolute Gasteiger partial charge is 0.233 e. The predicted octanol–water partition coefficient (Wildman–Crippen LogP) is 4.07. The SMILES string of the molecule is CC1=CC(Nc2nc(/C=C/c3cccc(Cl)c3)nc(N3CCCC3)n2)=NC1. The van der Waals surface area contributed by atoms with E-state index in [0.29, 0.717) is 29.3 Å². The van der Waals surface area contributed by atoms with Gasteiger partial charge >= 0.3 is 0 Å². The summed E-state index contributed by atoms with van der Waals surface area (Å²) in [7, 11) is 0. The van der Waals surface area contributed by atoms with Crippen LogP contribution in [0.1, 0.15) is 31.2 Å². The Balaban J connectivity index is 1.63. The molecule has 3 heterocycles. The summed E-state index contributed by atoms with van der Waals surface area (Å²) in [4.78, 5) is 20.4. The van der Waals surface area contributed by atoms with Crippen LogP contribution in [0.5, 0.6) is 0 Å². The molecule has 0 amide bonds. The average molecular weight is 381 g/mol. The molecule has 0 radical (unpaired) electrons. The lowest BCUT2D eigenvalue weighted by Gasteiger charge is -2.16. The van der Waals surface area contributed by atoms with Gasteiger partial charge in [0, 0.05) is 18.1 Å². The molecule has 1 saturated heterocycles. The standard InChI is InChI=1S/C20H21ClN6/c1-14-11-18(22-13-14)24-19-23-17(8-7-15-5-4-6-16(21)12-15)25-20(26-19)27-9-2-3-10-27/h4-8,11-12H,2-3,9-10,13H2,1H3,(H,22,23,24,25,26)/b8-7+. The Kier molecular flexibility index (Phi) is 5.16. The van der Waals surface area contributed by atoms with E-state index in [2.05, 4.69) is 37.1 Å². The fraction of sp³-hybridized carbons (Fsp3) is 0.300. The second-order valence-corrected chi connectivity index (χ2v) is 7.15. The minimum atomic E-state index is 0.516. The van der Waals surface area contributed by atoms with Gasteiger partial charge in [0.05, 0.1) is 6.54 Å². The van der Waals surface area contributed by atoms with Gasteiger partial charge in [-0.2, -0.15) is 15.0 Å². The molecule has 0 unspecified atom stereocenters. The van der Waals surface area contributed by atoms with Crippen molar-refractivity contribution < 1.29 is 0 Å². The normalized spacial score (nSPS) is 16.7. The lowest BCUT2D eigenvalue weighted by molar-refractivity contribution is 0.878. The van der Waals surface area contributed by atoms with Crippen molar-refractivity contribution in [2.45, 2.75) is 19.8 Å². The molecule has 0 atom stereocenters. The summed E-state index contributed by atoms with van der Waals surface area (Å²) in [6, 6.07) is 7.67. The van der Waals surface area contributed by atoms with E-state index in [1.165, 1.54) is 5.57 Å². The second-order valence-electron chi connectivity index (χ2n) is 6.72. The molecule has 6 nitrogen and oxygen atoms in total. The average Bonchev–Trinajstić information content (AvgIpc) is 3.32. The van der Waals surface area contributed by atoms with Gasteiger partial charge in [-0.3, -0.25) is 4.99 Å². The van der Waals surface area contributed by atoms with Gasteiger partial charge in [0.15, 0.2) is 5.82 Å². The van der Waals surface area contributed by atoms with Crippen LogP contribution in [-0.2, 0) is 0 Å². The van der Waals surface area contributed by atoms with Gasteiger partial charge in [0.2, 0.25) is 11.9 Å². The highest BCUT2D eigenvalue weighted by Gasteiger charge is 2.17. The first-order chi connectivity index (χ1) is 13.2. The maximum absolute atomic E-state index is 6.06. The Morgan fingerprint density at radius 2 is 1.96 bits per heavy atom. The number of anilines is 2. The highest BCUT2D eigenvalue weighted by Crippen LogP contribution is 2.19. The van der Waals surface area contributed by atoms with E-state index < -0.39 is 0 Å². The van der Waals surface area contributed by atoms with Gasteiger partial charge in [0.1, 0.15) is 5.84 Å². The molecule has 0 aliphatic carbocycles. The van der Waals surface area contributed by atoms with Crippen molar-refractivity contribution in [3.8, 4) is 0 Å². The Morgan fingerprint density at radius 1 is 1.11 bits per heavy atom. The van der Waals surface area contributed by atoms with Gasteiger partial charge in [-0.25, -0.2) is 0 Å². The van der Waals surface area contributed by atoms with Crippen molar-refractivity contribution in [3.63, 3.8) is 0 Å². The number of hydrogen-bond acceptors (Lipinski definition) is 6. The van der Waals surface area contributed by atoms with E-state index in [9.17, 15) is 0 Å². The number of aromatic nitrogens is 3. The molecular weight excluding hydrogens is 360 g/mol. The second kappa shape index (κ2) is 7.88. The molecule has 7 heteroatoms. The van der Waals surface area contributed by atoms with Gasteiger partial charge in [-0.05, 0) is 55.2 Å². The summed E-state index contributed by atoms with van der Waals surface area (Å²) < 4.78 is 0. The molecule has 2 aliphatic heterocycles. The number of nitrogens with one attached hydrogen (secondary N) is 1. The molecular formula is C20H21ClN6. The molecule has 1 aromatic heterocycles. The van der Waals surface area contributed by atoms with Gasteiger partial charge < -0.3 is 10.2 Å². The summed E-state index contributed by atoms with van der Waals surface area (Å²) in [5, 5.41) is 3.92. The van der Waals surface area contributed by atoms with Gasteiger partial charge in [-0.15, -0.1) is 0 Å². The van der Waals surface area contributed by atoms with E-state index in [4.69, 9.17) is 11.6 Å². The molecule has 27 heavy (non-hydrogen) atoms. The molecule has 0 spiro atoms. The van der Waals surface area contributed by atoms with Crippen LogP contribution in [0, 0.1) is 0 Å². The van der Waals surface area contributed by atoms with Crippen molar-refractivity contribution in [3.05, 3.63) is 52.3 Å². The number of hydrogen-bond donors (Lipinski definition) is 1. The molecule has 2 aliphatic rings. The highest BCUT2D eigenvalue weighted by atomic mass is 35.5. The van der Waals surface area contributed by atoms with E-state index in [1.54, 1.807) is 0 Å². The van der Waals surface area contributed by atoms with Crippen molar-refractivity contribution in [2.24, 2.45) is 4.99 Å². The van der Waals surface area contributed by atoms with Crippen LogP contribution in [0.3, 0.4) is 0 Å². The third-order valence-electron chi connectivity index (χ3n) is 4.43. The monoisotopic (exact) mass is 380 g/mol. The van der Waals surface area contributed by atoms with Crippen LogP contribution in [0.2, 0.25) is 5.02 Å². The summed E-state index contributed by atoms with van der Waals surface area (Å²) in [6.07, 6.45) is 8.18. The Labute approximate surface area is 163 Å². The van der Waals surface area contributed by atoms with E-state index in [-0.39, 0.29) is 0 Å². The first-order valence-corrected chi connectivity index (χ1v) is 9.47. The van der Waals surface area contributed by atoms with E-state index >= 15 is 0 Å². The number of amidine groups is 1. The fourth-order valence-corrected chi connectivity index (χ4v) is 3.27. The maximum Gasteiger partial charge on any atom is 0.233 e. The van der Waals surface area contributed by atoms with Crippen LogP contribution < -0.4 is 10.2 Å². The molecule has 0 saturated carbocycles. The Bertz CT molecular complexity index is 928. The molecule has 138 valence electrons. The molecule has 0 bridgehead atoms. The molecule has 1 aromatic carbocycles. The molecule has 1 fully saturated rings. The number of nitrogens with zero attached hydrogens (tertiary/aromatic N) is 5. The van der Waals surface area contributed by atoms with Gasteiger partial charge in [-0.1, -0.05) is 29.8 Å². The summed E-state index contributed by atoms with van der Waals surface area (Å²) in [5.41, 5.74) is 2.21. The zero-order valence-electron chi connectivity index (χ0n) is 15.2.